The number of aromatic nitrogens is 3. The first kappa shape index (κ1) is 14.1. The van der Waals surface area contributed by atoms with E-state index in [1.54, 1.807) is 6.33 Å². The highest BCUT2D eigenvalue weighted by Gasteiger charge is 2.23. The Bertz CT molecular complexity index is 828. The largest absolute Gasteiger partial charge is 0.399 e. The van der Waals surface area contributed by atoms with Crippen LogP contribution in [0, 0.1) is 0 Å². The molecule has 118 valence electrons. The van der Waals surface area contributed by atoms with Gasteiger partial charge in [-0.1, -0.05) is 31.4 Å². The average Bonchev–Trinajstić information content (AvgIpc) is 2.97. The molecule has 0 atom stereocenters. The summed E-state index contributed by atoms with van der Waals surface area (Å²) in [6, 6.07) is 10.1. The first-order chi connectivity index (χ1) is 11.2. The molecule has 23 heavy (non-hydrogen) atoms. The predicted octanol–water partition coefficient (Wildman–Crippen LogP) is 3.61. The van der Waals surface area contributed by atoms with Gasteiger partial charge >= 0.3 is 0 Å². The van der Waals surface area contributed by atoms with Crippen LogP contribution in [0.1, 0.15) is 43.7 Å². The molecule has 0 unspecified atom stereocenters. The summed E-state index contributed by atoms with van der Waals surface area (Å²) in [7, 11) is 0. The number of nitrogens with zero attached hydrogens (tertiary/aromatic N) is 3. The van der Waals surface area contributed by atoms with Crippen LogP contribution >= 0.6 is 0 Å². The second kappa shape index (κ2) is 5.57. The van der Waals surface area contributed by atoms with Gasteiger partial charge in [0.2, 0.25) is 0 Å². The van der Waals surface area contributed by atoms with Crippen molar-refractivity contribution in [1.29, 1.82) is 0 Å². The molecule has 0 amide bonds. The Morgan fingerprint density at radius 2 is 1.74 bits per heavy atom. The summed E-state index contributed by atoms with van der Waals surface area (Å²) in [6.45, 7) is 0. The molecular formula is C18H21N5. The normalized spacial score (nSPS) is 16.0. The number of anilines is 2. The lowest BCUT2D eigenvalue weighted by atomic mass is 9.87. The molecule has 1 saturated carbocycles. The van der Waals surface area contributed by atoms with Gasteiger partial charge in [0.15, 0.2) is 5.82 Å². The molecule has 1 fully saturated rings. The lowest BCUT2D eigenvalue weighted by Crippen LogP contribution is -2.09. The summed E-state index contributed by atoms with van der Waals surface area (Å²) in [5.41, 5.74) is 17.1. The molecule has 1 aromatic carbocycles. The summed E-state index contributed by atoms with van der Waals surface area (Å²) in [5.74, 6) is 1.07. The van der Waals surface area contributed by atoms with Crippen molar-refractivity contribution in [3.63, 3.8) is 0 Å². The molecule has 0 saturated heterocycles. The average molecular weight is 307 g/mol. The monoisotopic (exact) mass is 307 g/mol. The van der Waals surface area contributed by atoms with E-state index in [-0.39, 0.29) is 0 Å². The molecule has 0 bridgehead atoms. The molecule has 2 heterocycles. The molecule has 5 heteroatoms. The van der Waals surface area contributed by atoms with Gasteiger partial charge in [-0.3, -0.25) is 0 Å². The highest BCUT2D eigenvalue weighted by Crippen LogP contribution is 2.38. The lowest BCUT2D eigenvalue weighted by Gasteiger charge is -2.21. The van der Waals surface area contributed by atoms with E-state index in [0.29, 0.717) is 11.7 Å². The minimum Gasteiger partial charge on any atom is -0.399 e. The molecule has 4 rings (SSSR count). The second-order valence-corrected chi connectivity index (χ2v) is 6.35. The smallest absolute Gasteiger partial charge is 0.151 e. The summed E-state index contributed by atoms with van der Waals surface area (Å²) >= 11 is 0. The zero-order valence-electron chi connectivity index (χ0n) is 13.1. The topological polar surface area (TPSA) is 82.2 Å². The molecule has 3 aromatic rings. The molecule has 4 N–H and O–H groups in total. The molecule has 5 nitrogen and oxygen atoms in total. The van der Waals surface area contributed by atoms with E-state index in [2.05, 4.69) is 16.1 Å². The first-order valence-electron chi connectivity index (χ1n) is 8.22. The van der Waals surface area contributed by atoms with Crippen molar-refractivity contribution in [2.45, 2.75) is 38.0 Å². The van der Waals surface area contributed by atoms with Gasteiger partial charge in [0, 0.05) is 22.9 Å². The van der Waals surface area contributed by atoms with Crippen molar-refractivity contribution in [2.75, 3.05) is 11.5 Å². The third-order valence-corrected chi connectivity index (χ3v) is 4.86. The van der Waals surface area contributed by atoms with Crippen LogP contribution in [-0.4, -0.2) is 14.6 Å². The van der Waals surface area contributed by atoms with Crippen molar-refractivity contribution in [3.05, 3.63) is 42.4 Å². The van der Waals surface area contributed by atoms with Crippen LogP contribution < -0.4 is 11.5 Å². The first-order valence-corrected chi connectivity index (χ1v) is 8.22. The maximum absolute atomic E-state index is 6.17. The summed E-state index contributed by atoms with van der Waals surface area (Å²) in [6.07, 6.45) is 7.89. The molecule has 0 radical (unpaired) electrons. The predicted molar refractivity (Wildman–Crippen MR) is 93.1 cm³/mol. The highest BCUT2D eigenvalue weighted by molar-refractivity contribution is 5.88. The summed E-state index contributed by atoms with van der Waals surface area (Å²) in [4.78, 5) is 4.19. The van der Waals surface area contributed by atoms with Crippen LogP contribution in [0.15, 0.2) is 36.7 Å². The highest BCUT2D eigenvalue weighted by atomic mass is 15.3. The second-order valence-electron chi connectivity index (χ2n) is 6.35. The maximum atomic E-state index is 6.17. The Morgan fingerprint density at radius 1 is 1.00 bits per heavy atom. The van der Waals surface area contributed by atoms with Crippen LogP contribution in [0.5, 0.6) is 0 Å². The van der Waals surface area contributed by atoms with Crippen molar-refractivity contribution in [3.8, 4) is 11.1 Å². The van der Waals surface area contributed by atoms with Gasteiger partial charge in [0.25, 0.3) is 0 Å². The number of benzene rings is 1. The van der Waals surface area contributed by atoms with Crippen LogP contribution in [0.2, 0.25) is 0 Å². The molecule has 1 aliphatic carbocycles. The fourth-order valence-corrected chi connectivity index (χ4v) is 3.66. The van der Waals surface area contributed by atoms with Gasteiger partial charge in [-0.05, 0) is 36.6 Å². The number of rotatable bonds is 2. The lowest BCUT2D eigenvalue weighted by molar-refractivity contribution is 0.431. The van der Waals surface area contributed by atoms with Crippen molar-refractivity contribution in [1.82, 2.24) is 14.6 Å². The van der Waals surface area contributed by atoms with Gasteiger partial charge in [-0.15, -0.1) is 0 Å². The molecule has 2 aromatic heterocycles. The third-order valence-electron chi connectivity index (χ3n) is 4.86. The maximum Gasteiger partial charge on any atom is 0.151 e. The molecule has 1 aliphatic rings. The van der Waals surface area contributed by atoms with E-state index in [1.165, 1.54) is 37.8 Å². The molecule has 0 aliphatic heterocycles. The Morgan fingerprint density at radius 3 is 2.48 bits per heavy atom. The SMILES string of the molecule is Nc1ccc(-c2cc(C3CCCCC3)n3ncnc(N)c23)cc1. The van der Waals surface area contributed by atoms with Gasteiger partial charge in [-0.25, -0.2) is 9.50 Å². The Hall–Kier alpha value is -2.56. The Labute approximate surface area is 135 Å². The van der Waals surface area contributed by atoms with Gasteiger partial charge < -0.3 is 11.5 Å². The zero-order chi connectivity index (χ0) is 15.8. The van der Waals surface area contributed by atoms with E-state index < -0.39 is 0 Å². The van der Waals surface area contributed by atoms with Crippen LogP contribution in [0.3, 0.4) is 0 Å². The van der Waals surface area contributed by atoms with Crippen LogP contribution in [-0.2, 0) is 0 Å². The number of hydrogen-bond donors (Lipinski definition) is 2. The Balaban J connectivity index is 1.91. The summed E-state index contributed by atoms with van der Waals surface area (Å²) in [5, 5.41) is 4.48. The van der Waals surface area contributed by atoms with Crippen molar-refractivity contribution in [2.24, 2.45) is 0 Å². The third kappa shape index (κ3) is 2.42. The Kier molecular flexibility index (Phi) is 3.41. The molecular weight excluding hydrogens is 286 g/mol. The summed E-state index contributed by atoms with van der Waals surface area (Å²) < 4.78 is 1.99. The molecule has 0 spiro atoms. The van der Waals surface area contributed by atoms with Gasteiger partial charge in [-0.2, -0.15) is 5.10 Å². The van der Waals surface area contributed by atoms with Crippen molar-refractivity contribution >= 4 is 17.0 Å². The minimum atomic E-state index is 0.522. The standard InChI is InChI=1S/C18H21N5/c19-14-8-6-12(7-9-14)15-10-16(13-4-2-1-3-5-13)23-17(15)18(20)21-11-22-23/h6-11,13H,1-5,19H2,(H2,20,21,22). The van der Waals surface area contributed by atoms with E-state index in [9.17, 15) is 0 Å². The number of nitrogens with two attached hydrogens (primary N) is 2. The van der Waals surface area contributed by atoms with Crippen LogP contribution in [0.4, 0.5) is 11.5 Å². The number of nitrogen functional groups attached to an aromatic ring is 2. The van der Waals surface area contributed by atoms with Crippen molar-refractivity contribution < 1.29 is 0 Å². The minimum absolute atomic E-state index is 0.522. The number of fused-ring (bicyclic) bond motifs is 1. The fraction of sp³-hybridized carbons (Fsp3) is 0.333. The fourth-order valence-electron chi connectivity index (χ4n) is 3.66. The van der Waals surface area contributed by atoms with Gasteiger partial charge in [0.05, 0.1) is 0 Å². The van der Waals surface area contributed by atoms with Gasteiger partial charge in [0.1, 0.15) is 11.8 Å². The quantitative estimate of drug-likeness (QED) is 0.709. The number of hydrogen-bond acceptors (Lipinski definition) is 4. The van der Waals surface area contributed by atoms with Crippen LogP contribution in [0.25, 0.3) is 16.6 Å². The zero-order valence-corrected chi connectivity index (χ0v) is 13.1. The van der Waals surface area contributed by atoms with E-state index in [4.69, 9.17) is 11.5 Å². The van der Waals surface area contributed by atoms with E-state index >= 15 is 0 Å². The van der Waals surface area contributed by atoms with E-state index in [0.717, 1.165) is 22.3 Å². The van der Waals surface area contributed by atoms with E-state index in [1.807, 2.05) is 28.8 Å².